The smallest absolute Gasteiger partial charge is 0.0948 e. The van der Waals surface area contributed by atoms with Crippen molar-refractivity contribution in [3.63, 3.8) is 0 Å². The summed E-state index contributed by atoms with van der Waals surface area (Å²) in [5.74, 6) is 1.60. The normalized spacial score (nSPS) is 15.1. The Bertz CT molecular complexity index is 362. The molecule has 0 bridgehead atoms. The Morgan fingerprint density at radius 3 is 2.76 bits per heavy atom. The molecular formula is C12H23N3OS. The zero-order valence-corrected chi connectivity index (χ0v) is 11.7. The minimum Gasteiger partial charge on any atom is -0.334 e. The quantitative estimate of drug-likeness (QED) is 0.802. The van der Waals surface area contributed by atoms with E-state index in [9.17, 15) is 4.21 Å². The van der Waals surface area contributed by atoms with Gasteiger partial charge in [0.1, 0.15) is 0 Å². The number of nitrogens with two attached hydrogens (primary N) is 1. The molecule has 1 aromatic heterocycles. The highest BCUT2D eigenvalue weighted by atomic mass is 32.2. The monoisotopic (exact) mass is 257 g/mol. The van der Waals surface area contributed by atoms with E-state index in [1.807, 2.05) is 12.5 Å². The van der Waals surface area contributed by atoms with Crippen LogP contribution in [0.1, 0.15) is 31.9 Å². The highest BCUT2D eigenvalue weighted by Gasteiger charge is 2.17. The first-order valence-electron chi connectivity index (χ1n) is 6.06. The highest BCUT2D eigenvalue weighted by molar-refractivity contribution is 7.84. The van der Waals surface area contributed by atoms with Gasteiger partial charge in [-0.25, -0.2) is 4.98 Å². The van der Waals surface area contributed by atoms with Gasteiger partial charge in [-0.3, -0.25) is 4.21 Å². The fourth-order valence-corrected chi connectivity index (χ4v) is 2.53. The Morgan fingerprint density at radius 2 is 2.24 bits per heavy atom. The Hall–Kier alpha value is -0.680. The van der Waals surface area contributed by atoms with Crippen molar-refractivity contribution in [3.8, 4) is 0 Å². The molecule has 4 nitrogen and oxygen atoms in total. The summed E-state index contributed by atoms with van der Waals surface area (Å²) < 4.78 is 13.2. The number of rotatable bonds is 7. The Morgan fingerprint density at radius 1 is 1.53 bits per heavy atom. The van der Waals surface area contributed by atoms with Gasteiger partial charge in [-0.05, 0) is 12.3 Å². The van der Waals surface area contributed by atoms with Crippen LogP contribution in [0.4, 0.5) is 0 Å². The van der Waals surface area contributed by atoms with Crippen LogP contribution in [-0.2, 0) is 17.3 Å². The van der Waals surface area contributed by atoms with Crippen LogP contribution >= 0.6 is 0 Å². The molecule has 0 saturated heterocycles. The molecule has 1 aromatic rings. The summed E-state index contributed by atoms with van der Waals surface area (Å²) in [7, 11) is -0.713. The first-order chi connectivity index (χ1) is 8.06. The minimum absolute atomic E-state index is 0.352. The van der Waals surface area contributed by atoms with E-state index in [0.717, 1.165) is 18.7 Å². The van der Waals surface area contributed by atoms with Crippen LogP contribution < -0.4 is 5.73 Å². The van der Waals surface area contributed by atoms with Crippen molar-refractivity contribution in [3.05, 3.63) is 18.2 Å². The molecule has 2 atom stereocenters. The van der Waals surface area contributed by atoms with Crippen LogP contribution in [0.15, 0.2) is 12.5 Å². The third kappa shape index (κ3) is 4.24. The molecule has 0 aliphatic carbocycles. The maximum atomic E-state index is 11.0. The Balaban J connectivity index is 2.67. The number of aryl methyl sites for hydroxylation is 1. The average Bonchev–Trinajstić information content (AvgIpc) is 2.66. The van der Waals surface area contributed by atoms with Crippen molar-refractivity contribution in [2.24, 2.45) is 11.7 Å². The van der Waals surface area contributed by atoms with Crippen molar-refractivity contribution in [1.82, 2.24) is 9.55 Å². The molecule has 1 rings (SSSR count). The molecule has 2 N–H and O–H groups in total. The molecule has 0 aromatic carbocycles. The minimum atomic E-state index is -0.713. The first-order valence-corrected chi connectivity index (χ1v) is 7.79. The van der Waals surface area contributed by atoms with Gasteiger partial charge in [0.2, 0.25) is 0 Å². The largest absolute Gasteiger partial charge is 0.334 e. The van der Waals surface area contributed by atoms with Gasteiger partial charge in [0.25, 0.3) is 0 Å². The topological polar surface area (TPSA) is 60.9 Å². The van der Waals surface area contributed by atoms with E-state index >= 15 is 0 Å². The number of aromatic nitrogens is 2. The molecule has 0 aliphatic rings. The predicted octanol–water partition coefficient (Wildman–Crippen LogP) is 1.35. The zero-order valence-electron chi connectivity index (χ0n) is 10.9. The Labute approximate surface area is 106 Å². The number of hydrogen-bond donors (Lipinski definition) is 1. The van der Waals surface area contributed by atoms with Crippen LogP contribution in [0.5, 0.6) is 0 Å². The standard InChI is InChI=1S/C12H23N3OS/c1-10(2)11(7-13)12-8-14-9-15(12)5-4-6-17(3)16/h8-11H,4-7,13H2,1-3H3. The second-order valence-corrected chi connectivity index (χ2v) is 6.28. The second-order valence-electron chi connectivity index (χ2n) is 4.73. The summed E-state index contributed by atoms with van der Waals surface area (Å²) in [4.78, 5) is 4.20. The second kappa shape index (κ2) is 6.91. The van der Waals surface area contributed by atoms with Crippen LogP contribution in [0, 0.1) is 5.92 Å². The molecule has 0 amide bonds. The maximum Gasteiger partial charge on any atom is 0.0948 e. The maximum absolute atomic E-state index is 11.0. The fourth-order valence-electron chi connectivity index (χ4n) is 2.00. The zero-order chi connectivity index (χ0) is 12.8. The van der Waals surface area contributed by atoms with Crippen LogP contribution in [-0.4, -0.2) is 32.3 Å². The van der Waals surface area contributed by atoms with Gasteiger partial charge in [-0.1, -0.05) is 13.8 Å². The molecule has 0 fully saturated rings. The third-order valence-corrected chi connectivity index (χ3v) is 3.88. The van der Waals surface area contributed by atoms with Gasteiger partial charge in [0, 0.05) is 53.7 Å². The summed E-state index contributed by atoms with van der Waals surface area (Å²) in [6.07, 6.45) is 6.41. The SMILES string of the molecule is CC(C)C(CN)c1cncn1CCCS(C)=O. The van der Waals surface area contributed by atoms with E-state index in [0.29, 0.717) is 18.4 Å². The Kier molecular flexibility index (Phi) is 5.85. The third-order valence-electron chi connectivity index (χ3n) is 3.01. The van der Waals surface area contributed by atoms with E-state index in [4.69, 9.17) is 5.73 Å². The lowest BCUT2D eigenvalue weighted by Gasteiger charge is -2.20. The van der Waals surface area contributed by atoms with Crippen molar-refractivity contribution < 1.29 is 4.21 Å². The van der Waals surface area contributed by atoms with Gasteiger partial charge >= 0.3 is 0 Å². The molecule has 2 unspecified atom stereocenters. The van der Waals surface area contributed by atoms with Gasteiger partial charge in [-0.2, -0.15) is 0 Å². The molecule has 0 aliphatic heterocycles. The molecule has 0 spiro atoms. The van der Waals surface area contributed by atoms with Crippen LogP contribution in [0.3, 0.4) is 0 Å². The lowest BCUT2D eigenvalue weighted by molar-refractivity contribution is 0.470. The van der Waals surface area contributed by atoms with Crippen molar-refractivity contribution in [1.29, 1.82) is 0 Å². The van der Waals surface area contributed by atoms with E-state index in [-0.39, 0.29) is 0 Å². The predicted molar refractivity (Wildman–Crippen MR) is 72.4 cm³/mol. The molecule has 1 heterocycles. The molecule has 0 saturated carbocycles. The summed E-state index contributed by atoms with van der Waals surface area (Å²) >= 11 is 0. The molecule has 0 radical (unpaired) electrons. The molecule has 17 heavy (non-hydrogen) atoms. The highest BCUT2D eigenvalue weighted by Crippen LogP contribution is 2.22. The van der Waals surface area contributed by atoms with Gasteiger partial charge < -0.3 is 10.3 Å². The molecule has 5 heteroatoms. The number of nitrogens with zero attached hydrogens (tertiary/aromatic N) is 2. The first kappa shape index (κ1) is 14.4. The van der Waals surface area contributed by atoms with E-state index in [1.165, 1.54) is 5.69 Å². The average molecular weight is 257 g/mol. The summed E-state index contributed by atoms with van der Waals surface area (Å²) in [5, 5.41) is 0. The lowest BCUT2D eigenvalue weighted by atomic mass is 9.93. The summed E-state index contributed by atoms with van der Waals surface area (Å²) in [6, 6.07) is 0. The molecule has 98 valence electrons. The molecular weight excluding hydrogens is 234 g/mol. The fraction of sp³-hybridized carbons (Fsp3) is 0.750. The van der Waals surface area contributed by atoms with E-state index in [1.54, 1.807) is 6.26 Å². The summed E-state index contributed by atoms with van der Waals surface area (Å²) in [6.45, 7) is 5.87. The van der Waals surface area contributed by atoms with Crippen molar-refractivity contribution in [2.45, 2.75) is 32.7 Å². The lowest BCUT2D eigenvalue weighted by Crippen LogP contribution is -2.21. The van der Waals surface area contributed by atoms with E-state index < -0.39 is 10.8 Å². The summed E-state index contributed by atoms with van der Waals surface area (Å²) in [5.41, 5.74) is 7.02. The van der Waals surface area contributed by atoms with Crippen molar-refractivity contribution >= 4 is 10.8 Å². The van der Waals surface area contributed by atoms with Gasteiger partial charge in [0.05, 0.1) is 6.33 Å². The van der Waals surface area contributed by atoms with Crippen molar-refractivity contribution in [2.75, 3.05) is 18.6 Å². The van der Waals surface area contributed by atoms with E-state index in [2.05, 4.69) is 23.4 Å². The van der Waals surface area contributed by atoms with Crippen LogP contribution in [0.25, 0.3) is 0 Å². The number of hydrogen-bond acceptors (Lipinski definition) is 3. The van der Waals surface area contributed by atoms with Crippen LogP contribution in [0.2, 0.25) is 0 Å². The van der Waals surface area contributed by atoms with Gasteiger partial charge in [0.15, 0.2) is 0 Å². The van der Waals surface area contributed by atoms with Gasteiger partial charge in [-0.15, -0.1) is 0 Å². The number of imidazole rings is 1.